The van der Waals surface area contributed by atoms with E-state index in [4.69, 9.17) is 4.42 Å². The van der Waals surface area contributed by atoms with Crippen molar-refractivity contribution in [1.82, 2.24) is 16.5 Å². The molecule has 0 radical (unpaired) electrons. The first-order valence-electron chi connectivity index (χ1n) is 11.4. The molecule has 162 valence electrons. The van der Waals surface area contributed by atoms with Crippen molar-refractivity contribution in [2.75, 3.05) is 4.90 Å². The molecule has 0 amide bonds. The van der Waals surface area contributed by atoms with Crippen LogP contribution >= 0.6 is 0 Å². The number of hydrogen-bond donors (Lipinski definition) is 3. The minimum absolute atomic E-state index is 0.110. The molecule has 1 aliphatic carbocycles. The highest BCUT2D eigenvalue weighted by atomic mass is 16.3. The fourth-order valence-corrected chi connectivity index (χ4v) is 5.43. The molecular formula is C27H23N5O. The molecule has 3 N–H and O–H groups in total. The molecule has 0 spiro atoms. The maximum atomic E-state index is 6.40. The maximum Gasteiger partial charge on any atom is 0.170 e. The highest BCUT2D eigenvalue weighted by Crippen LogP contribution is 2.50. The normalized spacial score (nSPS) is 19.2. The van der Waals surface area contributed by atoms with E-state index in [1.165, 1.54) is 22.4 Å². The highest BCUT2D eigenvalue weighted by Gasteiger charge is 2.38. The van der Waals surface area contributed by atoms with Crippen LogP contribution in [0.5, 0.6) is 0 Å². The highest BCUT2D eigenvalue weighted by molar-refractivity contribution is 6.00. The van der Waals surface area contributed by atoms with E-state index in [0.717, 1.165) is 53.1 Å². The molecule has 7 rings (SSSR count). The van der Waals surface area contributed by atoms with Crippen LogP contribution in [0.25, 0.3) is 16.5 Å². The van der Waals surface area contributed by atoms with Gasteiger partial charge in [0.15, 0.2) is 5.84 Å². The molecule has 6 nitrogen and oxygen atoms in total. The molecule has 1 atom stereocenters. The van der Waals surface area contributed by atoms with Crippen LogP contribution in [0.4, 0.5) is 5.69 Å². The number of anilines is 1. The first-order chi connectivity index (χ1) is 16.3. The Morgan fingerprint density at radius 2 is 1.82 bits per heavy atom. The van der Waals surface area contributed by atoms with Crippen molar-refractivity contribution in [3.05, 3.63) is 107 Å². The summed E-state index contributed by atoms with van der Waals surface area (Å²) in [6, 6.07) is 28.0. The number of hydrazine groups is 2. The van der Waals surface area contributed by atoms with Crippen molar-refractivity contribution in [3.8, 4) is 0 Å². The predicted molar refractivity (Wildman–Crippen MR) is 130 cm³/mol. The average molecular weight is 434 g/mol. The molecule has 0 fully saturated rings. The SMILES string of the molecule is c1cc(C2=NNNN2)cc(N2C3=C(CC2c2cc4ccccc4o2)c2ccccc2CC3)c1. The number of aryl methyl sites for hydroxylation is 1. The summed E-state index contributed by atoms with van der Waals surface area (Å²) in [4.78, 5) is 2.49. The molecule has 0 bridgehead atoms. The van der Waals surface area contributed by atoms with Crippen LogP contribution in [0.2, 0.25) is 0 Å². The number of hydrazone groups is 1. The molecule has 3 heterocycles. The lowest BCUT2D eigenvalue weighted by Crippen LogP contribution is -2.35. The zero-order valence-electron chi connectivity index (χ0n) is 18.0. The van der Waals surface area contributed by atoms with Gasteiger partial charge in [-0.1, -0.05) is 54.6 Å². The molecule has 1 unspecified atom stereocenters. The minimum Gasteiger partial charge on any atom is -0.459 e. The summed E-state index contributed by atoms with van der Waals surface area (Å²) < 4.78 is 6.40. The van der Waals surface area contributed by atoms with Crippen LogP contribution < -0.4 is 21.4 Å². The molecule has 33 heavy (non-hydrogen) atoms. The molecule has 3 aliphatic rings. The second kappa shape index (κ2) is 7.25. The van der Waals surface area contributed by atoms with Crippen LogP contribution in [-0.2, 0) is 6.42 Å². The van der Waals surface area contributed by atoms with E-state index in [-0.39, 0.29) is 6.04 Å². The predicted octanol–water partition coefficient (Wildman–Crippen LogP) is 5.02. The summed E-state index contributed by atoms with van der Waals surface area (Å²) in [5.41, 5.74) is 17.4. The summed E-state index contributed by atoms with van der Waals surface area (Å²) in [6.07, 6.45) is 3.01. The fraction of sp³-hybridized carbons (Fsp3) is 0.148. The number of fused-ring (bicyclic) bond motifs is 3. The van der Waals surface area contributed by atoms with Crippen LogP contribution in [0.15, 0.2) is 94.1 Å². The lowest BCUT2D eigenvalue weighted by molar-refractivity contribution is 0.498. The molecule has 6 heteroatoms. The van der Waals surface area contributed by atoms with Crippen LogP contribution in [0.3, 0.4) is 0 Å². The smallest absolute Gasteiger partial charge is 0.170 e. The number of para-hydroxylation sites is 1. The third-order valence-corrected chi connectivity index (χ3v) is 6.90. The third kappa shape index (κ3) is 2.95. The Balaban J connectivity index is 1.38. The first kappa shape index (κ1) is 18.5. The number of nitrogens with one attached hydrogen (secondary N) is 3. The third-order valence-electron chi connectivity index (χ3n) is 6.90. The number of benzene rings is 3. The first-order valence-corrected chi connectivity index (χ1v) is 11.4. The molecule has 0 saturated heterocycles. The van der Waals surface area contributed by atoms with Gasteiger partial charge in [-0.15, -0.1) is 10.6 Å². The van der Waals surface area contributed by atoms with Crippen molar-refractivity contribution >= 4 is 28.1 Å². The van der Waals surface area contributed by atoms with Gasteiger partial charge in [0.25, 0.3) is 0 Å². The van der Waals surface area contributed by atoms with Crippen molar-refractivity contribution in [2.45, 2.75) is 25.3 Å². The topological polar surface area (TPSA) is 64.8 Å². The van der Waals surface area contributed by atoms with Gasteiger partial charge in [-0.05, 0) is 53.8 Å². The van der Waals surface area contributed by atoms with Gasteiger partial charge in [-0.2, -0.15) is 0 Å². The summed E-state index contributed by atoms with van der Waals surface area (Å²) in [6.45, 7) is 0. The molecule has 4 aromatic rings. The Morgan fingerprint density at radius 3 is 2.73 bits per heavy atom. The summed E-state index contributed by atoms with van der Waals surface area (Å²) in [5.74, 6) is 1.78. The number of allylic oxidation sites excluding steroid dienone is 1. The number of hydrogen-bond acceptors (Lipinski definition) is 6. The second-order valence-corrected chi connectivity index (χ2v) is 8.73. The van der Waals surface area contributed by atoms with E-state index >= 15 is 0 Å². The molecule has 1 aromatic heterocycles. The summed E-state index contributed by atoms with van der Waals surface area (Å²) in [7, 11) is 0. The lowest BCUT2D eigenvalue weighted by Gasteiger charge is -2.30. The minimum atomic E-state index is 0.110. The largest absolute Gasteiger partial charge is 0.459 e. The zero-order chi connectivity index (χ0) is 21.8. The molecule has 3 aromatic carbocycles. The Labute approximate surface area is 191 Å². The summed E-state index contributed by atoms with van der Waals surface area (Å²) in [5, 5.41) is 5.43. The molecule has 0 saturated carbocycles. The van der Waals surface area contributed by atoms with Crippen LogP contribution in [0, 0.1) is 0 Å². The van der Waals surface area contributed by atoms with Crippen LogP contribution in [-0.4, -0.2) is 5.84 Å². The quantitative estimate of drug-likeness (QED) is 0.424. The Morgan fingerprint density at radius 1 is 0.909 bits per heavy atom. The van der Waals surface area contributed by atoms with Gasteiger partial charge in [0.2, 0.25) is 0 Å². The van der Waals surface area contributed by atoms with Crippen LogP contribution in [0.1, 0.15) is 41.3 Å². The van der Waals surface area contributed by atoms with E-state index in [1.807, 2.05) is 12.1 Å². The number of amidine groups is 1. The number of rotatable bonds is 3. The zero-order valence-corrected chi connectivity index (χ0v) is 18.0. The van der Waals surface area contributed by atoms with E-state index in [1.54, 1.807) is 0 Å². The van der Waals surface area contributed by atoms with E-state index in [0.29, 0.717) is 0 Å². The van der Waals surface area contributed by atoms with Crippen molar-refractivity contribution < 1.29 is 4.42 Å². The monoisotopic (exact) mass is 433 g/mol. The summed E-state index contributed by atoms with van der Waals surface area (Å²) >= 11 is 0. The van der Waals surface area contributed by atoms with Gasteiger partial charge < -0.3 is 9.32 Å². The van der Waals surface area contributed by atoms with Gasteiger partial charge >= 0.3 is 0 Å². The van der Waals surface area contributed by atoms with E-state index < -0.39 is 0 Å². The maximum absolute atomic E-state index is 6.40. The number of nitrogens with zero attached hydrogens (tertiary/aromatic N) is 2. The lowest BCUT2D eigenvalue weighted by atomic mass is 9.88. The Bertz CT molecular complexity index is 1420. The van der Waals surface area contributed by atoms with Crippen molar-refractivity contribution in [3.63, 3.8) is 0 Å². The van der Waals surface area contributed by atoms with Gasteiger partial charge in [0, 0.05) is 28.8 Å². The van der Waals surface area contributed by atoms with Gasteiger partial charge in [-0.25, -0.2) is 5.53 Å². The van der Waals surface area contributed by atoms with Crippen molar-refractivity contribution in [1.29, 1.82) is 0 Å². The van der Waals surface area contributed by atoms with Gasteiger partial charge in [-0.3, -0.25) is 5.43 Å². The van der Waals surface area contributed by atoms with E-state index in [9.17, 15) is 0 Å². The molecule has 2 aliphatic heterocycles. The second-order valence-electron chi connectivity index (χ2n) is 8.73. The number of furan rings is 1. The van der Waals surface area contributed by atoms with Gasteiger partial charge in [0.1, 0.15) is 11.3 Å². The fourth-order valence-electron chi connectivity index (χ4n) is 5.43. The van der Waals surface area contributed by atoms with E-state index in [2.05, 4.69) is 93.2 Å². The standard InChI is InChI=1S/C27H23N5O/c1-3-10-21-17(6-1)12-13-23-22(21)16-24(26-15-18-7-2-4-11-25(18)33-26)32(23)20-9-5-8-19(14-20)27-28-30-31-29-27/h1-11,14-15,24,30-31H,12-13,16H2,(H,28,29). The Kier molecular flexibility index (Phi) is 4.07. The average Bonchev–Trinajstić information content (AvgIpc) is 3.62. The van der Waals surface area contributed by atoms with Gasteiger partial charge in [0.05, 0.1) is 6.04 Å². The Hall–Kier alpha value is -4.03. The van der Waals surface area contributed by atoms with Crippen molar-refractivity contribution in [2.24, 2.45) is 5.10 Å². The molecular weight excluding hydrogens is 410 g/mol.